The maximum absolute atomic E-state index is 13.6. The van der Waals surface area contributed by atoms with Gasteiger partial charge in [-0.1, -0.05) is 31.9 Å². The fourth-order valence-corrected chi connectivity index (χ4v) is 4.21. The van der Waals surface area contributed by atoms with Crippen molar-refractivity contribution in [1.82, 2.24) is 0 Å². The molecule has 6 nitrogen and oxygen atoms in total. The number of aliphatic hydroxyl groups is 1. The molecule has 1 heterocycles. The van der Waals surface area contributed by atoms with Crippen LogP contribution in [0.3, 0.4) is 0 Å². The zero-order valence-corrected chi connectivity index (χ0v) is 19.9. The van der Waals surface area contributed by atoms with Crippen LogP contribution in [0.4, 0.5) is 16.2 Å². The molecule has 1 N–H and O–H groups in total. The van der Waals surface area contributed by atoms with Crippen molar-refractivity contribution >= 4 is 55.2 Å². The van der Waals surface area contributed by atoms with Gasteiger partial charge in [0.25, 0.3) is 11.6 Å². The molecule has 0 bridgehead atoms. The quantitative estimate of drug-likeness (QED) is 0.416. The second kappa shape index (κ2) is 8.03. The van der Waals surface area contributed by atoms with E-state index in [4.69, 9.17) is 4.74 Å². The van der Waals surface area contributed by atoms with E-state index in [1.54, 1.807) is 72.8 Å². The van der Waals surface area contributed by atoms with E-state index in [9.17, 15) is 14.7 Å². The molecule has 1 saturated heterocycles. The van der Waals surface area contributed by atoms with Gasteiger partial charge in [-0.15, -0.1) is 0 Å². The van der Waals surface area contributed by atoms with Crippen molar-refractivity contribution in [1.29, 1.82) is 0 Å². The summed E-state index contributed by atoms with van der Waals surface area (Å²) in [5.74, 6) is -0.0832. The van der Waals surface area contributed by atoms with Crippen LogP contribution in [0, 0.1) is 0 Å². The minimum absolute atomic E-state index is 0.228. The van der Waals surface area contributed by atoms with Gasteiger partial charge >= 0.3 is 6.03 Å². The van der Waals surface area contributed by atoms with Gasteiger partial charge in [0.05, 0.1) is 11.8 Å². The minimum Gasteiger partial charge on any atom is -0.490 e. The first-order valence-corrected chi connectivity index (χ1v) is 11.7. The van der Waals surface area contributed by atoms with Gasteiger partial charge in [0.2, 0.25) is 0 Å². The number of nitrogens with zero attached hydrogens (tertiary/aromatic N) is 2. The number of amides is 3. The number of benzene rings is 3. The van der Waals surface area contributed by atoms with Crippen LogP contribution in [0.5, 0.6) is 5.75 Å². The first-order chi connectivity index (χ1) is 15.4. The Labute approximate surface area is 201 Å². The monoisotopic (exact) mass is 556 g/mol. The molecule has 1 saturated carbocycles. The van der Waals surface area contributed by atoms with Crippen LogP contribution >= 0.6 is 31.9 Å². The Balaban J connectivity index is 1.60. The number of anilines is 2. The Bertz CT molecular complexity index is 1180. The van der Waals surface area contributed by atoms with Gasteiger partial charge in [-0.2, -0.15) is 0 Å². The standard InChI is InChI=1S/C24H18Br2N2O4/c25-16-3-7-18(8-4-16)27-22(29)24(31,15-1-11-20(12-2-15)32-21-13-14-21)28(23(27)30)19-9-5-17(26)6-10-19/h1-12,21,31H,13-14H2. The molecule has 3 aromatic rings. The highest BCUT2D eigenvalue weighted by Crippen LogP contribution is 2.42. The lowest BCUT2D eigenvalue weighted by Crippen LogP contribution is -2.47. The summed E-state index contributed by atoms with van der Waals surface area (Å²) >= 11 is 6.74. The largest absolute Gasteiger partial charge is 0.490 e. The minimum atomic E-state index is -2.21. The van der Waals surface area contributed by atoms with E-state index in [2.05, 4.69) is 31.9 Å². The van der Waals surface area contributed by atoms with E-state index in [0.717, 1.165) is 31.6 Å². The molecule has 0 radical (unpaired) electrons. The maximum Gasteiger partial charge on any atom is 0.339 e. The third-order valence-corrected chi connectivity index (χ3v) is 6.52. The molecule has 5 rings (SSSR count). The van der Waals surface area contributed by atoms with Crippen molar-refractivity contribution < 1.29 is 19.4 Å². The topological polar surface area (TPSA) is 70.1 Å². The third kappa shape index (κ3) is 3.62. The Morgan fingerprint density at radius 2 is 1.34 bits per heavy atom. The summed E-state index contributed by atoms with van der Waals surface area (Å²) in [6, 6.07) is 19.7. The Morgan fingerprint density at radius 1 is 0.812 bits per heavy atom. The van der Waals surface area contributed by atoms with Gasteiger partial charge in [0.1, 0.15) is 5.75 Å². The number of imide groups is 1. The number of halogens is 2. The molecule has 3 aromatic carbocycles. The number of carbonyl (C=O) groups is 2. The molecule has 0 aromatic heterocycles. The average Bonchev–Trinajstić information content (AvgIpc) is 3.58. The van der Waals surface area contributed by atoms with Crippen molar-refractivity contribution in [2.24, 2.45) is 0 Å². The van der Waals surface area contributed by atoms with Gasteiger partial charge in [0.15, 0.2) is 0 Å². The average molecular weight is 558 g/mol. The highest BCUT2D eigenvalue weighted by atomic mass is 79.9. The molecule has 2 aliphatic rings. The van der Waals surface area contributed by atoms with Crippen molar-refractivity contribution in [3.63, 3.8) is 0 Å². The van der Waals surface area contributed by atoms with Gasteiger partial charge in [-0.05, 0) is 85.6 Å². The van der Waals surface area contributed by atoms with Gasteiger partial charge in [-0.25, -0.2) is 9.69 Å². The van der Waals surface area contributed by atoms with Crippen molar-refractivity contribution in [2.75, 3.05) is 9.80 Å². The normalized spacial score (nSPS) is 20.7. The first kappa shape index (κ1) is 21.2. The fourth-order valence-electron chi connectivity index (χ4n) is 3.68. The Kier molecular flexibility index (Phi) is 5.31. The molecular weight excluding hydrogens is 540 g/mol. The molecule has 1 aliphatic heterocycles. The van der Waals surface area contributed by atoms with Gasteiger partial charge < -0.3 is 9.84 Å². The molecule has 1 atom stereocenters. The smallest absolute Gasteiger partial charge is 0.339 e. The molecular formula is C24H18Br2N2O4. The summed E-state index contributed by atoms with van der Waals surface area (Å²) in [5, 5.41) is 11.8. The van der Waals surface area contributed by atoms with Gasteiger partial charge in [-0.3, -0.25) is 9.69 Å². The van der Waals surface area contributed by atoms with E-state index in [0.29, 0.717) is 17.1 Å². The second-order valence-corrected chi connectivity index (χ2v) is 9.56. The summed E-state index contributed by atoms with van der Waals surface area (Å²) in [7, 11) is 0. The lowest BCUT2D eigenvalue weighted by Gasteiger charge is -2.30. The zero-order valence-electron chi connectivity index (χ0n) is 16.7. The summed E-state index contributed by atoms with van der Waals surface area (Å²) in [5.41, 5.74) is -1.17. The lowest BCUT2D eigenvalue weighted by molar-refractivity contribution is -0.133. The molecule has 32 heavy (non-hydrogen) atoms. The Hall–Kier alpha value is -2.68. The van der Waals surface area contributed by atoms with Crippen molar-refractivity contribution in [3.05, 3.63) is 87.3 Å². The summed E-state index contributed by atoms with van der Waals surface area (Å²) in [6.07, 6.45) is 2.28. The highest BCUT2D eigenvalue weighted by molar-refractivity contribution is 9.10. The van der Waals surface area contributed by atoms with Crippen LogP contribution in [0.25, 0.3) is 0 Å². The van der Waals surface area contributed by atoms with Crippen LogP contribution < -0.4 is 14.5 Å². The van der Waals surface area contributed by atoms with Gasteiger partial charge in [0, 0.05) is 20.2 Å². The Morgan fingerprint density at radius 3 is 1.88 bits per heavy atom. The number of ether oxygens (including phenoxy) is 1. The van der Waals surface area contributed by atoms with E-state index in [-0.39, 0.29) is 11.7 Å². The maximum atomic E-state index is 13.6. The van der Waals surface area contributed by atoms with Crippen LogP contribution in [0.2, 0.25) is 0 Å². The molecule has 2 fully saturated rings. The van der Waals surface area contributed by atoms with Crippen molar-refractivity contribution in [3.8, 4) is 5.75 Å². The van der Waals surface area contributed by atoms with E-state index < -0.39 is 17.7 Å². The van der Waals surface area contributed by atoms with Crippen LogP contribution in [-0.4, -0.2) is 23.1 Å². The van der Waals surface area contributed by atoms with Crippen LogP contribution in [-0.2, 0) is 10.5 Å². The highest BCUT2D eigenvalue weighted by Gasteiger charge is 2.59. The van der Waals surface area contributed by atoms with E-state index in [1.165, 1.54) is 0 Å². The molecule has 0 spiro atoms. The van der Waals surface area contributed by atoms with Crippen LogP contribution in [0.15, 0.2) is 81.7 Å². The molecule has 8 heteroatoms. The number of hydrogen-bond donors (Lipinski definition) is 1. The number of urea groups is 1. The molecule has 162 valence electrons. The first-order valence-electron chi connectivity index (χ1n) is 10.1. The SMILES string of the molecule is O=C1N(c2ccc(Br)cc2)C(=O)C(O)(c2ccc(OC3CC3)cc2)N1c1ccc(Br)cc1. The fraction of sp³-hybridized carbons (Fsp3) is 0.167. The second-order valence-electron chi connectivity index (χ2n) is 7.73. The van der Waals surface area contributed by atoms with Crippen LogP contribution in [0.1, 0.15) is 18.4 Å². The zero-order chi connectivity index (χ0) is 22.5. The number of rotatable bonds is 5. The summed E-state index contributed by atoms with van der Waals surface area (Å²) < 4.78 is 7.41. The third-order valence-electron chi connectivity index (χ3n) is 5.46. The van der Waals surface area contributed by atoms with E-state index in [1.807, 2.05) is 0 Å². The molecule has 1 aliphatic carbocycles. The summed E-state index contributed by atoms with van der Waals surface area (Å²) in [4.78, 5) is 29.3. The summed E-state index contributed by atoms with van der Waals surface area (Å²) in [6.45, 7) is 0. The number of carbonyl (C=O) groups excluding carboxylic acids is 2. The molecule has 1 unspecified atom stereocenters. The lowest BCUT2D eigenvalue weighted by atomic mass is 10.00. The number of hydrogen-bond acceptors (Lipinski definition) is 4. The van der Waals surface area contributed by atoms with E-state index >= 15 is 0 Å². The molecule has 3 amide bonds. The van der Waals surface area contributed by atoms with Crippen molar-refractivity contribution in [2.45, 2.75) is 24.7 Å². The predicted octanol–water partition coefficient (Wildman–Crippen LogP) is 5.57. The predicted molar refractivity (Wildman–Crippen MR) is 128 cm³/mol.